The number of nitrogens with zero attached hydrogens (tertiary/aromatic N) is 2. The zero-order valence-corrected chi connectivity index (χ0v) is 13.2. The summed E-state index contributed by atoms with van der Waals surface area (Å²) in [5, 5.41) is 6.95. The summed E-state index contributed by atoms with van der Waals surface area (Å²) >= 11 is 0. The minimum absolute atomic E-state index is 0.200. The molecule has 1 heterocycles. The molecule has 0 aliphatic rings. The Morgan fingerprint density at radius 1 is 1.33 bits per heavy atom. The Morgan fingerprint density at radius 3 is 2.52 bits per heavy atom. The van der Waals surface area contributed by atoms with Gasteiger partial charge in [-0.3, -0.25) is 9.89 Å². The number of rotatable bonds is 3. The highest BCUT2D eigenvalue weighted by Crippen LogP contribution is 2.26. The molecule has 2 rings (SSSR count). The van der Waals surface area contributed by atoms with Crippen molar-refractivity contribution < 1.29 is 4.79 Å². The Bertz CT molecular complexity index is 673. The predicted octanol–water partition coefficient (Wildman–Crippen LogP) is 3.01. The highest BCUT2D eigenvalue weighted by atomic mass is 16.2. The Balaban J connectivity index is 2.35. The highest BCUT2D eigenvalue weighted by Gasteiger charge is 2.23. The molecule has 1 aromatic carbocycles. The van der Waals surface area contributed by atoms with Crippen LogP contribution >= 0.6 is 0 Å². The van der Waals surface area contributed by atoms with Crippen molar-refractivity contribution in [2.75, 3.05) is 17.7 Å². The van der Waals surface area contributed by atoms with Crippen molar-refractivity contribution in [2.45, 2.75) is 33.6 Å². The number of nitrogens with two attached hydrogens (primary N) is 1. The van der Waals surface area contributed by atoms with Crippen molar-refractivity contribution in [3.05, 3.63) is 40.7 Å². The maximum Gasteiger partial charge on any atom is 0.280 e. The van der Waals surface area contributed by atoms with Gasteiger partial charge in [0.2, 0.25) is 0 Å². The van der Waals surface area contributed by atoms with Gasteiger partial charge < -0.3 is 10.6 Å². The summed E-state index contributed by atoms with van der Waals surface area (Å²) < 4.78 is 0. The monoisotopic (exact) mass is 286 g/mol. The van der Waals surface area contributed by atoms with Gasteiger partial charge in [-0.2, -0.15) is 5.10 Å². The van der Waals surface area contributed by atoms with Crippen LogP contribution in [-0.4, -0.2) is 23.2 Å². The van der Waals surface area contributed by atoms with E-state index in [1.807, 2.05) is 45.9 Å². The number of carbonyl (C=O) groups excluding carboxylic acids is 1. The number of nitrogens with one attached hydrogen (secondary N) is 1. The van der Waals surface area contributed by atoms with Gasteiger partial charge in [0.05, 0.1) is 11.4 Å². The second-order valence-corrected chi connectivity index (χ2v) is 5.71. The molecule has 0 saturated carbocycles. The Kier molecular flexibility index (Phi) is 4.02. The molecule has 0 bridgehead atoms. The first-order chi connectivity index (χ1) is 9.82. The SMILES string of the molecule is Cc1ccc(N(C)C(=O)c2n[nH]c(C(C)C)c2N)c(C)c1. The van der Waals surface area contributed by atoms with Crippen LogP contribution in [0.15, 0.2) is 18.2 Å². The van der Waals surface area contributed by atoms with Crippen LogP contribution < -0.4 is 10.6 Å². The van der Waals surface area contributed by atoms with E-state index >= 15 is 0 Å². The zero-order chi connectivity index (χ0) is 15.7. The molecule has 0 radical (unpaired) electrons. The van der Waals surface area contributed by atoms with E-state index in [4.69, 9.17) is 5.73 Å². The summed E-state index contributed by atoms with van der Waals surface area (Å²) in [6.07, 6.45) is 0. The zero-order valence-electron chi connectivity index (χ0n) is 13.2. The second-order valence-electron chi connectivity index (χ2n) is 5.71. The Hall–Kier alpha value is -2.30. The normalized spacial score (nSPS) is 11.0. The molecule has 112 valence electrons. The fourth-order valence-electron chi connectivity index (χ4n) is 2.42. The number of aromatic amines is 1. The lowest BCUT2D eigenvalue weighted by Gasteiger charge is -2.19. The lowest BCUT2D eigenvalue weighted by atomic mass is 10.1. The predicted molar refractivity (Wildman–Crippen MR) is 85.7 cm³/mol. The van der Waals surface area contributed by atoms with Gasteiger partial charge >= 0.3 is 0 Å². The van der Waals surface area contributed by atoms with Crippen LogP contribution in [0.1, 0.15) is 47.1 Å². The van der Waals surface area contributed by atoms with Gasteiger partial charge in [0.1, 0.15) is 0 Å². The minimum atomic E-state index is -0.206. The molecule has 0 saturated heterocycles. The van der Waals surface area contributed by atoms with Crippen LogP contribution in [0.4, 0.5) is 11.4 Å². The summed E-state index contributed by atoms with van der Waals surface area (Å²) in [5.41, 5.74) is 10.6. The van der Waals surface area contributed by atoms with E-state index in [9.17, 15) is 4.79 Å². The third-order valence-electron chi connectivity index (χ3n) is 3.63. The molecule has 0 fully saturated rings. The standard InChI is InChI=1S/C16H22N4O/c1-9(2)14-13(17)15(19-18-14)16(21)20(5)12-7-6-10(3)8-11(12)4/h6-9H,17H2,1-5H3,(H,18,19). The average molecular weight is 286 g/mol. The first kappa shape index (κ1) is 15.1. The molecule has 1 amide bonds. The van der Waals surface area contributed by atoms with E-state index in [2.05, 4.69) is 10.2 Å². The minimum Gasteiger partial charge on any atom is -0.395 e. The third kappa shape index (κ3) is 2.77. The van der Waals surface area contributed by atoms with Gasteiger partial charge in [-0.1, -0.05) is 31.5 Å². The van der Waals surface area contributed by atoms with E-state index in [1.165, 1.54) is 5.56 Å². The molecular weight excluding hydrogens is 264 g/mol. The van der Waals surface area contributed by atoms with E-state index in [1.54, 1.807) is 11.9 Å². The van der Waals surface area contributed by atoms with Gasteiger partial charge in [-0.25, -0.2) is 0 Å². The molecule has 0 aliphatic carbocycles. The van der Waals surface area contributed by atoms with E-state index in [0.29, 0.717) is 5.69 Å². The number of carbonyl (C=O) groups is 1. The lowest BCUT2D eigenvalue weighted by molar-refractivity contribution is 0.0989. The van der Waals surface area contributed by atoms with Gasteiger partial charge in [0, 0.05) is 12.7 Å². The van der Waals surface area contributed by atoms with Gasteiger partial charge in [0.25, 0.3) is 5.91 Å². The van der Waals surface area contributed by atoms with Crippen LogP contribution in [0.2, 0.25) is 0 Å². The van der Waals surface area contributed by atoms with Crippen molar-refractivity contribution >= 4 is 17.3 Å². The van der Waals surface area contributed by atoms with E-state index < -0.39 is 0 Å². The smallest absolute Gasteiger partial charge is 0.280 e. The summed E-state index contributed by atoms with van der Waals surface area (Å²) in [6, 6.07) is 5.97. The molecular formula is C16H22N4O. The van der Waals surface area contributed by atoms with Crippen LogP contribution in [0.25, 0.3) is 0 Å². The largest absolute Gasteiger partial charge is 0.395 e. The molecule has 0 unspecified atom stereocenters. The molecule has 0 atom stereocenters. The van der Waals surface area contributed by atoms with Gasteiger partial charge in [0.15, 0.2) is 5.69 Å². The number of H-pyrrole nitrogens is 1. The number of anilines is 2. The van der Waals surface area contributed by atoms with Crippen molar-refractivity contribution in [3.63, 3.8) is 0 Å². The van der Waals surface area contributed by atoms with Crippen molar-refractivity contribution in [1.29, 1.82) is 0 Å². The Morgan fingerprint density at radius 2 is 2.00 bits per heavy atom. The quantitative estimate of drug-likeness (QED) is 0.910. The number of hydrogen-bond acceptors (Lipinski definition) is 3. The van der Waals surface area contributed by atoms with Gasteiger partial charge in [-0.15, -0.1) is 0 Å². The Labute approximate surface area is 125 Å². The summed E-state index contributed by atoms with van der Waals surface area (Å²) in [6.45, 7) is 8.02. The fraction of sp³-hybridized carbons (Fsp3) is 0.375. The van der Waals surface area contributed by atoms with Crippen LogP contribution in [-0.2, 0) is 0 Å². The number of aryl methyl sites for hydroxylation is 2. The first-order valence-electron chi connectivity index (χ1n) is 7.02. The van der Waals surface area contributed by atoms with E-state index in [0.717, 1.165) is 16.9 Å². The van der Waals surface area contributed by atoms with Crippen LogP contribution in [0.3, 0.4) is 0 Å². The molecule has 3 N–H and O–H groups in total. The average Bonchev–Trinajstić information content (AvgIpc) is 2.79. The topological polar surface area (TPSA) is 75.0 Å². The highest BCUT2D eigenvalue weighted by molar-refractivity contribution is 6.08. The second kappa shape index (κ2) is 5.60. The summed E-state index contributed by atoms with van der Waals surface area (Å²) in [5.74, 6) is -0.00642. The van der Waals surface area contributed by atoms with Crippen molar-refractivity contribution in [1.82, 2.24) is 10.2 Å². The fourth-order valence-corrected chi connectivity index (χ4v) is 2.42. The number of nitrogen functional groups attached to an aromatic ring is 1. The maximum absolute atomic E-state index is 12.6. The molecule has 0 spiro atoms. The lowest BCUT2D eigenvalue weighted by Crippen LogP contribution is -2.28. The van der Waals surface area contributed by atoms with Crippen molar-refractivity contribution in [3.8, 4) is 0 Å². The number of aromatic nitrogens is 2. The molecule has 2 aromatic rings. The van der Waals surface area contributed by atoms with Crippen molar-refractivity contribution in [2.24, 2.45) is 0 Å². The van der Waals surface area contributed by atoms with Gasteiger partial charge in [-0.05, 0) is 31.4 Å². The van der Waals surface area contributed by atoms with Crippen LogP contribution in [0, 0.1) is 13.8 Å². The summed E-state index contributed by atoms with van der Waals surface area (Å²) in [4.78, 5) is 14.2. The number of amides is 1. The molecule has 5 nitrogen and oxygen atoms in total. The first-order valence-corrected chi connectivity index (χ1v) is 7.02. The number of hydrogen-bond donors (Lipinski definition) is 2. The number of benzene rings is 1. The van der Waals surface area contributed by atoms with E-state index in [-0.39, 0.29) is 17.5 Å². The molecule has 0 aliphatic heterocycles. The molecule has 5 heteroatoms. The molecule has 1 aromatic heterocycles. The van der Waals surface area contributed by atoms with Crippen LogP contribution in [0.5, 0.6) is 0 Å². The third-order valence-corrected chi connectivity index (χ3v) is 3.63. The maximum atomic E-state index is 12.6. The molecule has 21 heavy (non-hydrogen) atoms. The summed E-state index contributed by atoms with van der Waals surface area (Å²) in [7, 11) is 1.74.